The fourth-order valence-electron chi connectivity index (χ4n) is 4.13. The molecule has 4 rings (SSSR count). The number of H-pyrrole nitrogens is 1. The molecule has 0 radical (unpaired) electrons. The Hall–Kier alpha value is -2.03. The molecule has 9 heteroatoms. The number of carboxylic acids is 1. The number of aromatic nitrogens is 2. The lowest BCUT2D eigenvalue weighted by atomic mass is 9.96. The zero-order valence-corrected chi connectivity index (χ0v) is 15.6. The highest BCUT2D eigenvalue weighted by atomic mass is 32.2. The number of aliphatic carboxylic acids is 1. The molecule has 0 aromatic carbocycles. The number of hydrogen-bond acceptors (Lipinski definition) is 5. The molecule has 1 aromatic rings. The number of carbonyl (C=O) groups is 2. The SMILES string of the molecule is CC1(C)SC2C(N=CN3CCCC(c4ncc[nH]4)C3)C(=O)N2[C@H]1C(=O)O. The molecular weight excluding hydrogens is 354 g/mol. The predicted octanol–water partition coefficient (Wildman–Crippen LogP) is 1.13. The third-order valence-corrected chi connectivity index (χ3v) is 6.95. The minimum Gasteiger partial charge on any atom is -0.480 e. The molecule has 1 aromatic heterocycles. The molecule has 0 aliphatic carbocycles. The van der Waals surface area contributed by atoms with E-state index in [-0.39, 0.29) is 11.3 Å². The zero-order chi connectivity index (χ0) is 18.5. The largest absolute Gasteiger partial charge is 0.480 e. The van der Waals surface area contributed by atoms with E-state index >= 15 is 0 Å². The van der Waals surface area contributed by atoms with E-state index in [0.29, 0.717) is 5.92 Å². The van der Waals surface area contributed by atoms with Crippen molar-refractivity contribution in [3.05, 3.63) is 18.2 Å². The van der Waals surface area contributed by atoms with Gasteiger partial charge in [-0.2, -0.15) is 0 Å². The van der Waals surface area contributed by atoms with Gasteiger partial charge in [-0.3, -0.25) is 9.79 Å². The van der Waals surface area contributed by atoms with Gasteiger partial charge in [0.2, 0.25) is 0 Å². The number of aromatic amines is 1. The molecule has 8 nitrogen and oxygen atoms in total. The minimum atomic E-state index is -0.946. The number of thioether (sulfide) groups is 1. The summed E-state index contributed by atoms with van der Waals surface area (Å²) >= 11 is 1.53. The van der Waals surface area contributed by atoms with Crippen LogP contribution in [0.5, 0.6) is 0 Å². The number of aliphatic imine (C=N–C) groups is 1. The first-order chi connectivity index (χ1) is 12.4. The van der Waals surface area contributed by atoms with Crippen LogP contribution >= 0.6 is 11.8 Å². The number of carbonyl (C=O) groups excluding carboxylic acids is 1. The number of imidazole rings is 1. The summed E-state index contributed by atoms with van der Waals surface area (Å²) in [6.45, 7) is 5.48. The van der Waals surface area contributed by atoms with Crippen LogP contribution in [0.3, 0.4) is 0 Å². The molecule has 140 valence electrons. The molecule has 3 fully saturated rings. The number of carboxylic acid groups (broad SMARTS) is 1. The summed E-state index contributed by atoms with van der Waals surface area (Å²) in [4.78, 5) is 39.7. The standard InChI is InChI=1S/C17H23N5O3S/c1-17(2)12(16(24)25)22-14(23)11(15(22)26-17)20-9-21-7-3-4-10(8-21)13-18-5-6-19-13/h5-6,9-12,15H,3-4,7-8H2,1-2H3,(H,18,19)(H,24,25)/t10?,11?,12-,15?/m0/s1. The van der Waals surface area contributed by atoms with Crippen molar-refractivity contribution < 1.29 is 14.7 Å². The summed E-state index contributed by atoms with van der Waals surface area (Å²) in [5.41, 5.74) is 0. The van der Waals surface area contributed by atoms with Crippen molar-refractivity contribution in [3.8, 4) is 0 Å². The highest BCUT2D eigenvalue weighted by molar-refractivity contribution is 8.01. The highest BCUT2D eigenvalue weighted by Gasteiger charge is 2.63. The van der Waals surface area contributed by atoms with E-state index < -0.39 is 22.8 Å². The first-order valence-corrected chi connectivity index (χ1v) is 9.76. The van der Waals surface area contributed by atoms with Crippen LogP contribution in [0, 0.1) is 0 Å². The summed E-state index contributed by atoms with van der Waals surface area (Å²) in [6, 6.07) is -1.26. The number of amides is 1. The molecule has 0 bridgehead atoms. The normalized spacial score (nSPS) is 33.4. The molecule has 4 heterocycles. The van der Waals surface area contributed by atoms with Crippen LogP contribution in [-0.4, -0.2) is 78.4 Å². The lowest BCUT2D eigenvalue weighted by molar-refractivity contribution is -0.158. The van der Waals surface area contributed by atoms with Gasteiger partial charge in [0.25, 0.3) is 5.91 Å². The molecule has 3 aliphatic rings. The van der Waals surface area contributed by atoms with Crippen molar-refractivity contribution in [2.75, 3.05) is 13.1 Å². The van der Waals surface area contributed by atoms with Crippen molar-refractivity contribution in [1.29, 1.82) is 0 Å². The number of likely N-dealkylation sites (tertiary alicyclic amines) is 1. The van der Waals surface area contributed by atoms with Crippen LogP contribution in [-0.2, 0) is 9.59 Å². The third kappa shape index (κ3) is 2.78. The van der Waals surface area contributed by atoms with Crippen molar-refractivity contribution in [1.82, 2.24) is 19.8 Å². The van der Waals surface area contributed by atoms with Gasteiger partial charge in [-0.05, 0) is 26.7 Å². The summed E-state index contributed by atoms with van der Waals surface area (Å²) in [5.74, 6) is 0.204. The number of hydrogen-bond donors (Lipinski definition) is 2. The average Bonchev–Trinajstić information content (AvgIpc) is 3.20. The Bertz CT molecular complexity index is 735. The Labute approximate surface area is 156 Å². The number of piperidine rings is 1. The second kappa shape index (κ2) is 6.29. The number of nitrogens with zero attached hydrogens (tertiary/aromatic N) is 4. The van der Waals surface area contributed by atoms with Crippen LogP contribution in [0.1, 0.15) is 38.4 Å². The number of fused-ring (bicyclic) bond motifs is 1. The molecule has 26 heavy (non-hydrogen) atoms. The van der Waals surface area contributed by atoms with Crippen LogP contribution in [0.4, 0.5) is 0 Å². The van der Waals surface area contributed by atoms with E-state index in [1.54, 1.807) is 12.5 Å². The van der Waals surface area contributed by atoms with Crippen molar-refractivity contribution >= 4 is 30.0 Å². The van der Waals surface area contributed by atoms with Gasteiger partial charge in [-0.15, -0.1) is 11.8 Å². The highest BCUT2D eigenvalue weighted by Crippen LogP contribution is 2.51. The van der Waals surface area contributed by atoms with E-state index in [0.717, 1.165) is 31.8 Å². The first kappa shape index (κ1) is 17.4. The molecule has 0 saturated carbocycles. The monoisotopic (exact) mass is 377 g/mol. The molecular formula is C17H23N5O3S. The lowest BCUT2D eigenvalue weighted by Gasteiger charge is -2.41. The third-order valence-electron chi connectivity index (χ3n) is 5.40. The lowest BCUT2D eigenvalue weighted by Crippen LogP contribution is -2.65. The van der Waals surface area contributed by atoms with Gasteiger partial charge in [0.15, 0.2) is 6.04 Å². The topological polar surface area (TPSA) is 102 Å². The summed E-state index contributed by atoms with van der Waals surface area (Å²) < 4.78 is -0.508. The molecule has 0 spiro atoms. The Balaban J connectivity index is 1.42. The fraction of sp³-hybridized carbons (Fsp3) is 0.647. The fourth-order valence-corrected chi connectivity index (χ4v) is 5.75. The minimum absolute atomic E-state index is 0.180. The van der Waals surface area contributed by atoms with E-state index in [2.05, 4.69) is 19.9 Å². The summed E-state index contributed by atoms with van der Waals surface area (Å²) in [6.07, 6.45) is 7.51. The quantitative estimate of drug-likeness (QED) is 0.463. The number of rotatable bonds is 4. The molecule has 3 aliphatic heterocycles. The predicted molar refractivity (Wildman–Crippen MR) is 98.1 cm³/mol. The first-order valence-electron chi connectivity index (χ1n) is 8.88. The summed E-state index contributed by atoms with van der Waals surface area (Å²) in [5, 5.41) is 9.29. The Morgan fingerprint density at radius 2 is 2.35 bits per heavy atom. The zero-order valence-electron chi connectivity index (χ0n) is 14.8. The second-order valence-corrected chi connectivity index (χ2v) is 9.39. The van der Waals surface area contributed by atoms with Crippen molar-refractivity contribution in [2.45, 2.75) is 54.8 Å². The van der Waals surface area contributed by atoms with Crippen molar-refractivity contribution in [3.63, 3.8) is 0 Å². The number of β-lactam (4-membered cyclic amide) rings is 1. The molecule has 3 saturated heterocycles. The van der Waals surface area contributed by atoms with Crippen molar-refractivity contribution in [2.24, 2.45) is 4.99 Å². The van der Waals surface area contributed by atoms with E-state index in [1.165, 1.54) is 16.7 Å². The maximum atomic E-state index is 12.5. The smallest absolute Gasteiger partial charge is 0.327 e. The molecule has 4 atom stereocenters. The average molecular weight is 377 g/mol. The van der Waals surface area contributed by atoms with Gasteiger partial charge >= 0.3 is 5.97 Å². The van der Waals surface area contributed by atoms with Gasteiger partial charge < -0.3 is 19.9 Å². The van der Waals surface area contributed by atoms with Crippen LogP contribution in [0.25, 0.3) is 0 Å². The van der Waals surface area contributed by atoms with Gasteiger partial charge in [-0.1, -0.05) is 0 Å². The molecule has 2 N–H and O–H groups in total. The Morgan fingerprint density at radius 3 is 3.04 bits per heavy atom. The maximum Gasteiger partial charge on any atom is 0.327 e. The summed E-state index contributed by atoms with van der Waals surface area (Å²) in [7, 11) is 0. The van der Waals surface area contributed by atoms with Gasteiger partial charge in [-0.25, -0.2) is 9.78 Å². The number of nitrogens with one attached hydrogen (secondary N) is 1. The second-order valence-electron chi connectivity index (χ2n) is 7.62. The van der Waals surface area contributed by atoms with Gasteiger partial charge in [0.05, 0.1) is 6.34 Å². The van der Waals surface area contributed by atoms with E-state index in [1.807, 2.05) is 20.0 Å². The maximum absolute atomic E-state index is 12.5. The van der Waals surface area contributed by atoms with Gasteiger partial charge in [0, 0.05) is 36.1 Å². The van der Waals surface area contributed by atoms with E-state index in [9.17, 15) is 14.7 Å². The Morgan fingerprint density at radius 1 is 1.54 bits per heavy atom. The van der Waals surface area contributed by atoms with Crippen LogP contribution in [0.2, 0.25) is 0 Å². The van der Waals surface area contributed by atoms with E-state index in [4.69, 9.17) is 0 Å². The Kier molecular flexibility index (Phi) is 4.21. The van der Waals surface area contributed by atoms with Gasteiger partial charge in [0.1, 0.15) is 17.2 Å². The molecule has 3 unspecified atom stereocenters. The van der Waals surface area contributed by atoms with Crippen LogP contribution < -0.4 is 0 Å². The van der Waals surface area contributed by atoms with Crippen LogP contribution in [0.15, 0.2) is 17.4 Å². The molecule has 1 amide bonds.